The first kappa shape index (κ1) is 16.4. The number of aromatic nitrogens is 5. The van der Waals surface area contributed by atoms with Gasteiger partial charge in [0.25, 0.3) is 0 Å². The van der Waals surface area contributed by atoms with E-state index in [-0.39, 0.29) is 24.3 Å². The fourth-order valence-electron chi connectivity index (χ4n) is 2.22. The molecule has 2 aromatic heterocycles. The number of amides is 3. The lowest BCUT2D eigenvalue weighted by Gasteiger charge is -2.09. The summed E-state index contributed by atoms with van der Waals surface area (Å²) in [6.45, 7) is 1.85. The number of carbonyl (C=O) groups excluding carboxylic acids is 2. The van der Waals surface area contributed by atoms with Crippen LogP contribution in [0.15, 0.2) is 24.4 Å². The van der Waals surface area contributed by atoms with Crippen molar-refractivity contribution in [1.82, 2.24) is 29.9 Å². The van der Waals surface area contributed by atoms with Crippen molar-refractivity contribution in [1.29, 1.82) is 0 Å². The molecule has 0 radical (unpaired) electrons. The largest absolute Gasteiger partial charge is 0.342 e. The number of aromatic amines is 1. The van der Waals surface area contributed by atoms with E-state index in [2.05, 4.69) is 30.9 Å². The number of hydrogen-bond acceptors (Lipinski definition) is 5. The number of imidazole rings is 1. The van der Waals surface area contributed by atoms with E-state index >= 15 is 0 Å². The summed E-state index contributed by atoms with van der Waals surface area (Å²) >= 11 is 0. The number of nitrogens with zero attached hydrogens (tertiary/aromatic N) is 5. The van der Waals surface area contributed by atoms with Crippen molar-refractivity contribution in [2.45, 2.75) is 13.5 Å². The molecule has 0 aliphatic carbocycles. The Morgan fingerprint density at radius 2 is 2.08 bits per heavy atom. The fraction of sp³-hybridized carbons (Fsp3) is 0.267. The second kappa shape index (κ2) is 6.59. The summed E-state index contributed by atoms with van der Waals surface area (Å²) in [6.07, 6.45) is 1.49. The number of aryl methyl sites for hydroxylation is 1. The van der Waals surface area contributed by atoms with Gasteiger partial charge < -0.3 is 15.2 Å². The number of rotatable bonds is 4. The molecule has 0 saturated carbocycles. The standard InChI is InChI=1S/C15H18N8O2/c1-9-16-11-5-4-10(6-12(11)17-9)18-14(24)8-23-7-13(20-21-23)19-15(25)22(2)3/h4-7H,8H2,1-3H3,(H,16,17)(H,18,24)(H,19,25). The molecule has 130 valence electrons. The summed E-state index contributed by atoms with van der Waals surface area (Å²) in [7, 11) is 3.23. The van der Waals surface area contributed by atoms with E-state index in [1.54, 1.807) is 20.2 Å². The van der Waals surface area contributed by atoms with Gasteiger partial charge in [0, 0.05) is 19.8 Å². The number of carbonyl (C=O) groups is 2. The third-order valence-corrected chi connectivity index (χ3v) is 3.37. The molecule has 3 aromatic rings. The molecule has 1 aromatic carbocycles. The van der Waals surface area contributed by atoms with Crippen LogP contribution in [0.3, 0.4) is 0 Å². The monoisotopic (exact) mass is 342 g/mol. The van der Waals surface area contributed by atoms with Gasteiger partial charge in [0.2, 0.25) is 5.91 Å². The molecular weight excluding hydrogens is 324 g/mol. The Kier molecular flexibility index (Phi) is 4.33. The highest BCUT2D eigenvalue weighted by atomic mass is 16.2. The lowest BCUT2D eigenvalue weighted by atomic mass is 10.3. The number of urea groups is 1. The highest BCUT2D eigenvalue weighted by molar-refractivity contribution is 5.93. The van der Waals surface area contributed by atoms with E-state index in [4.69, 9.17) is 0 Å². The Morgan fingerprint density at radius 3 is 2.84 bits per heavy atom. The zero-order chi connectivity index (χ0) is 18.0. The molecule has 0 atom stereocenters. The van der Waals surface area contributed by atoms with Crippen LogP contribution in [0.25, 0.3) is 11.0 Å². The fourth-order valence-corrected chi connectivity index (χ4v) is 2.22. The topological polar surface area (TPSA) is 121 Å². The summed E-state index contributed by atoms with van der Waals surface area (Å²) in [4.78, 5) is 32.5. The van der Waals surface area contributed by atoms with Gasteiger partial charge in [0.05, 0.1) is 17.2 Å². The van der Waals surface area contributed by atoms with Crippen LogP contribution in [0.4, 0.5) is 16.3 Å². The van der Waals surface area contributed by atoms with E-state index in [9.17, 15) is 9.59 Å². The summed E-state index contributed by atoms with van der Waals surface area (Å²) in [6, 6.07) is 5.11. The van der Waals surface area contributed by atoms with Crippen molar-refractivity contribution < 1.29 is 9.59 Å². The Labute approximate surface area is 143 Å². The summed E-state index contributed by atoms with van der Waals surface area (Å²) in [5.74, 6) is 0.834. The molecule has 3 rings (SSSR count). The van der Waals surface area contributed by atoms with Gasteiger partial charge in [-0.3, -0.25) is 10.1 Å². The average molecular weight is 342 g/mol. The van der Waals surface area contributed by atoms with Crippen molar-refractivity contribution in [3.8, 4) is 0 Å². The van der Waals surface area contributed by atoms with Gasteiger partial charge in [0.1, 0.15) is 12.4 Å². The lowest BCUT2D eigenvalue weighted by molar-refractivity contribution is -0.116. The predicted molar refractivity (Wildman–Crippen MR) is 92.2 cm³/mol. The first-order chi connectivity index (χ1) is 11.9. The van der Waals surface area contributed by atoms with E-state index in [0.29, 0.717) is 5.69 Å². The van der Waals surface area contributed by atoms with Gasteiger partial charge in [-0.05, 0) is 25.1 Å². The zero-order valence-electron chi connectivity index (χ0n) is 14.1. The highest BCUT2D eigenvalue weighted by Gasteiger charge is 2.10. The van der Waals surface area contributed by atoms with Gasteiger partial charge in [-0.1, -0.05) is 5.21 Å². The minimum Gasteiger partial charge on any atom is -0.342 e. The van der Waals surface area contributed by atoms with Crippen LogP contribution in [0.1, 0.15) is 5.82 Å². The molecule has 10 nitrogen and oxygen atoms in total. The molecule has 0 fully saturated rings. The van der Waals surface area contributed by atoms with Gasteiger partial charge in [0.15, 0.2) is 5.82 Å². The summed E-state index contributed by atoms with van der Waals surface area (Å²) < 4.78 is 1.35. The van der Waals surface area contributed by atoms with E-state index in [1.165, 1.54) is 15.8 Å². The molecule has 3 amide bonds. The maximum atomic E-state index is 12.1. The highest BCUT2D eigenvalue weighted by Crippen LogP contribution is 2.17. The minimum atomic E-state index is -0.320. The quantitative estimate of drug-likeness (QED) is 0.658. The van der Waals surface area contributed by atoms with Crippen LogP contribution in [-0.4, -0.2) is 55.9 Å². The van der Waals surface area contributed by atoms with Crippen molar-refractivity contribution in [3.63, 3.8) is 0 Å². The maximum absolute atomic E-state index is 12.1. The van der Waals surface area contributed by atoms with Crippen LogP contribution < -0.4 is 10.6 Å². The zero-order valence-corrected chi connectivity index (χ0v) is 14.1. The third kappa shape index (κ3) is 3.91. The minimum absolute atomic E-state index is 0.0229. The SMILES string of the molecule is Cc1nc2ccc(NC(=O)Cn3cc(NC(=O)N(C)C)nn3)cc2[nH]1. The molecule has 0 aliphatic rings. The molecule has 0 spiro atoms. The Balaban J connectivity index is 1.61. The summed E-state index contributed by atoms with van der Waals surface area (Å²) in [5.41, 5.74) is 2.35. The number of nitrogens with one attached hydrogen (secondary N) is 3. The third-order valence-electron chi connectivity index (χ3n) is 3.37. The van der Waals surface area contributed by atoms with E-state index in [0.717, 1.165) is 16.9 Å². The van der Waals surface area contributed by atoms with E-state index in [1.807, 2.05) is 19.1 Å². The van der Waals surface area contributed by atoms with Crippen LogP contribution in [0, 0.1) is 6.92 Å². The van der Waals surface area contributed by atoms with Crippen molar-refractivity contribution in [2.24, 2.45) is 0 Å². The van der Waals surface area contributed by atoms with Gasteiger partial charge >= 0.3 is 6.03 Å². The summed E-state index contributed by atoms with van der Waals surface area (Å²) in [5, 5.41) is 13.0. The first-order valence-corrected chi connectivity index (χ1v) is 7.55. The Morgan fingerprint density at radius 1 is 1.28 bits per heavy atom. The molecule has 0 unspecified atom stereocenters. The number of anilines is 2. The van der Waals surface area contributed by atoms with Crippen LogP contribution in [-0.2, 0) is 11.3 Å². The van der Waals surface area contributed by atoms with Crippen LogP contribution in [0.5, 0.6) is 0 Å². The lowest BCUT2D eigenvalue weighted by Crippen LogP contribution is -2.27. The molecule has 3 N–H and O–H groups in total. The normalized spacial score (nSPS) is 10.7. The second-order valence-corrected chi connectivity index (χ2v) is 5.73. The average Bonchev–Trinajstić information content (AvgIpc) is 3.11. The molecule has 0 saturated heterocycles. The van der Waals surface area contributed by atoms with Crippen molar-refractivity contribution in [3.05, 3.63) is 30.2 Å². The second-order valence-electron chi connectivity index (χ2n) is 5.73. The van der Waals surface area contributed by atoms with Gasteiger partial charge in [-0.25, -0.2) is 14.5 Å². The number of fused-ring (bicyclic) bond motifs is 1. The Hall–Kier alpha value is -3.43. The molecule has 0 aliphatic heterocycles. The van der Waals surface area contributed by atoms with E-state index < -0.39 is 0 Å². The molecule has 0 bridgehead atoms. The van der Waals surface area contributed by atoms with Crippen LogP contribution >= 0.6 is 0 Å². The molecule has 2 heterocycles. The number of hydrogen-bond donors (Lipinski definition) is 3. The molecule has 25 heavy (non-hydrogen) atoms. The molecule has 10 heteroatoms. The van der Waals surface area contributed by atoms with Crippen molar-refractivity contribution >= 4 is 34.5 Å². The first-order valence-electron chi connectivity index (χ1n) is 7.55. The van der Waals surface area contributed by atoms with Gasteiger partial charge in [-0.2, -0.15) is 0 Å². The number of benzene rings is 1. The van der Waals surface area contributed by atoms with Crippen molar-refractivity contribution in [2.75, 3.05) is 24.7 Å². The Bertz CT molecular complexity index is 927. The van der Waals surface area contributed by atoms with Gasteiger partial charge in [-0.15, -0.1) is 5.10 Å². The maximum Gasteiger partial charge on any atom is 0.322 e. The van der Waals surface area contributed by atoms with Crippen LogP contribution in [0.2, 0.25) is 0 Å². The number of H-pyrrole nitrogens is 1. The predicted octanol–water partition coefficient (Wildman–Crippen LogP) is 1.20. The molecular formula is C15H18N8O2. The smallest absolute Gasteiger partial charge is 0.322 e.